The summed E-state index contributed by atoms with van der Waals surface area (Å²) >= 11 is 0. The van der Waals surface area contributed by atoms with E-state index in [0.717, 1.165) is 5.56 Å². The maximum Gasteiger partial charge on any atom is 0.308 e. The molecule has 0 radical (unpaired) electrons. The van der Waals surface area contributed by atoms with Gasteiger partial charge in [-0.15, -0.1) is 0 Å². The first-order valence-electron chi connectivity index (χ1n) is 5.21. The molecule has 0 aliphatic heterocycles. The van der Waals surface area contributed by atoms with Gasteiger partial charge in [0.1, 0.15) is 17.1 Å². The Morgan fingerprint density at radius 1 is 1.24 bits per heavy atom. The SMILES string of the molecule is CC(=O)Oc1cc(C)c2c(=O)cc(C)oc2c1. The highest BCUT2D eigenvalue weighted by Crippen LogP contribution is 2.23. The Morgan fingerprint density at radius 2 is 1.94 bits per heavy atom. The van der Waals surface area contributed by atoms with Gasteiger partial charge in [-0.1, -0.05) is 0 Å². The van der Waals surface area contributed by atoms with Crippen LogP contribution in [-0.2, 0) is 4.79 Å². The van der Waals surface area contributed by atoms with Crippen LogP contribution in [0.25, 0.3) is 11.0 Å². The minimum Gasteiger partial charge on any atom is -0.461 e. The molecule has 0 bridgehead atoms. The minimum absolute atomic E-state index is 0.0874. The molecule has 2 rings (SSSR count). The topological polar surface area (TPSA) is 56.5 Å². The van der Waals surface area contributed by atoms with Gasteiger partial charge in [0.2, 0.25) is 0 Å². The third-order valence-electron chi connectivity index (χ3n) is 2.39. The lowest BCUT2D eigenvalue weighted by molar-refractivity contribution is -0.131. The van der Waals surface area contributed by atoms with Crippen LogP contribution in [0.3, 0.4) is 0 Å². The van der Waals surface area contributed by atoms with Gasteiger partial charge in [-0.2, -0.15) is 0 Å². The second-order valence-corrected chi connectivity index (χ2v) is 3.93. The van der Waals surface area contributed by atoms with E-state index in [2.05, 4.69) is 0 Å². The Morgan fingerprint density at radius 3 is 2.59 bits per heavy atom. The summed E-state index contributed by atoms with van der Waals surface area (Å²) in [7, 11) is 0. The summed E-state index contributed by atoms with van der Waals surface area (Å²) in [6.45, 7) is 4.81. The third-order valence-corrected chi connectivity index (χ3v) is 2.39. The molecule has 0 saturated carbocycles. The number of esters is 1. The molecule has 4 heteroatoms. The number of benzene rings is 1. The molecule has 0 spiro atoms. The van der Waals surface area contributed by atoms with E-state index in [0.29, 0.717) is 22.5 Å². The zero-order chi connectivity index (χ0) is 12.6. The summed E-state index contributed by atoms with van der Waals surface area (Å²) in [4.78, 5) is 22.7. The fourth-order valence-electron chi connectivity index (χ4n) is 1.80. The van der Waals surface area contributed by atoms with Crippen LogP contribution in [0.2, 0.25) is 0 Å². The van der Waals surface area contributed by atoms with Gasteiger partial charge in [-0.05, 0) is 25.5 Å². The van der Waals surface area contributed by atoms with Crippen molar-refractivity contribution in [1.29, 1.82) is 0 Å². The minimum atomic E-state index is -0.404. The number of aryl methyl sites for hydroxylation is 2. The van der Waals surface area contributed by atoms with Crippen molar-refractivity contribution in [3.05, 3.63) is 39.7 Å². The van der Waals surface area contributed by atoms with Gasteiger partial charge in [-0.3, -0.25) is 9.59 Å². The number of carbonyl (C=O) groups is 1. The van der Waals surface area contributed by atoms with E-state index in [1.165, 1.54) is 13.0 Å². The highest BCUT2D eigenvalue weighted by atomic mass is 16.5. The summed E-state index contributed by atoms with van der Waals surface area (Å²) in [5.41, 5.74) is 1.08. The van der Waals surface area contributed by atoms with E-state index < -0.39 is 5.97 Å². The van der Waals surface area contributed by atoms with Crippen LogP contribution in [0.1, 0.15) is 18.2 Å². The molecule has 2 aromatic rings. The zero-order valence-electron chi connectivity index (χ0n) is 9.87. The van der Waals surface area contributed by atoms with Crippen LogP contribution in [-0.4, -0.2) is 5.97 Å². The second kappa shape index (κ2) is 4.05. The summed E-state index contributed by atoms with van der Waals surface area (Å²) in [6, 6.07) is 4.65. The lowest BCUT2D eigenvalue weighted by Crippen LogP contribution is -2.05. The smallest absolute Gasteiger partial charge is 0.308 e. The molecule has 1 heterocycles. The first kappa shape index (κ1) is 11.4. The van der Waals surface area contributed by atoms with E-state index in [4.69, 9.17) is 9.15 Å². The summed E-state index contributed by atoms with van der Waals surface area (Å²) in [6.07, 6.45) is 0. The maximum absolute atomic E-state index is 11.8. The average Bonchev–Trinajstić information content (AvgIpc) is 2.13. The molecule has 1 aromatic carbocycles. The molecular weight excluding hydrogens is 220 g/mol. The van der Waals surface area contributed by atoms with Gasteiger partial charge >= 0.3 is 5.97 Å². The highest BCUT2D eigenvalue weighted by molar-refractivity contribution is 5.82. The molecule has 0 unspecified atom stereocenters. The lowest BCUT2D eigenvalue weighted by atomic mass is 10.1. The average molecular weight is 232 g/mol. The normalized spacial score (nSPS) is 10.5. The Bertz CT molecular complexity index is 652. The Kier molecular flexibility index (Phi) is 2.71. The van der Waals surface area contributed by atoms with Gasteiger partial charge in [0.15, 0.2) is 5.43 Å². The molecule has 0 fully saturated rings. The van der Waals surface area contributed by atoms with Crippen molar-refractivity contribution in [2.45, 2.75) is 20.8 Å². The van der Waals surface area contributed by atoms with Gasteiger partial charge < -0.3 is 9.15 Å². The molecule has 0 amide bonds. The first-order chi connectivity index (χ1) is 7.97. The number of fused-ring (bicyclic) bond motifs is 1. The molecule has 0 aliphatic carbocycles. The van der Waals surface area contributed by atoms with Crippen molar-refractivity contribution < 1.29 is 13.9 Å². The number of ether oxygens (including phenoxy) is 1. The van der Waals surface area contributed by atoms with Crippen LogP contribution < -0.4 is 10.2 Å². The number of rotatable bonds is 1. The Balaban J connectivity index is 2.73. The summed E-state index contributed by atoms with van der Waals surface area (Å²) < 4.78 is 10.4. The molecule has 4 nitrogen and oxygen atoms in total. The molecule has 0 aliphatic rings. The molecular formula is C13H12O4. The van der Waals surface area contributed by atoms with E-state index in [9.17, 15) is 9.59 Å². The van der Waals surface area contributed by atoms with Crippen LogP contribution in [0.15, 0.2) is 27.4 Å². The molecule has 0 saturated heterocycles. The van der Waals surface area contributed by atoms with E-state index in [1.54, 1.807) is 26.0 Å². The van der Waals surface area contributed by atoms with Crippen LogP contribution >= 0.6 is 0 Å². The molecule has 0 atom stereocenters. The Hall–Kier alpha value is -2.10. The van der Waals surface area contributed by atoms with Crippen molar-refractivity contribution in [1.82, 2.24) is 0 Å². The second-order valence-electron chi connectivity index (χ2n) is 3.93. The van der Waals surface area contributed by atoms with Crippen LogP contribution in [0.5, 0.6) is 5.75 Å². The van der Waals surface area contributed by atoms with Crippen molar-refractivity contribution in [2.24, 2.45) is 0 Å². The number of carbonyl (C=O) groups excluding carboxylic acids is 1. The van der Waals surface area contributed by atoms with Crippen LogP contribution in [0.4, 0.5) is 0 Å². The predicted octanol–water partition coefficient (Wildman–Crippen LogP) is 2.34. The third kappa shape index (κ3) is 2.20. The monoisotopic (exact) mass is 232 g/mol. The van der Waals surface area contributed by atoms with E-state index in [1.807, 2.05) is 0 Å². The Labute approximate surface area is 97.8 Å². The van der Waals surface area contributed by atoms with Crippen molar-refractivity contribution in [2.75, 3.05) is 0 Å². The molecule has 1 aromatic heterocycles. The number of hydrogen-bond donors (Lipinski definition) is 0. The largest absolute Gasteiger partial charge is 0.461 e. The lowest BCUT2D eigenvalue weighted by Gasteiger charge is -2.06. The fraction of sp³-hybridized carbons (Fsp3) is 0.231. The molecule has 17 heavy (non-hydrogen) atoms. The van der Waals surface area contributed by atoms with Gasteiger partial charge in [-0.25, -0.2) is 0 Å². The summed E-state index contributed by atoms with van der Waals surface area (Å²) in [5, 5.41) is 0.520. The van der Waals surface area contributed by atoms with Crippen molar-refractivity contribution in [3.63, 3.8) is 0 Å². The van der Waals surface area contributed by atoms with Crippen molar-refractivity contribution in [3.8, 4) is 5.75 Å². The van der Waals surface area contributed by atoms with E-state index in [-0.39, 0.29) is 5.43 Å². The van der Waals surface area contributed by atoms with Gasteiger partial charge in [0.25, 0.3) is 0 Å². The van der Waals surface area contributed by atoms with Gasteiger partial charge in [0.05, 0.1) is 5.39 Å². The quantitative estimate of drug-likeness (QED) is 0.559. The molecule has 88 valence electrons. The van der Waals surface area contributed by atoms with E-state index >= 15 is 0 Å². The summed E-state index contributed by atoms with van der Waals surface area (Å²) in [5.74, 6) is 0.511. The standard InChI is InChI=1S/C13H12O4/c1-7-4-10(17-9(3)14)6-12-13(7)11(15)5-8(2)16-12/h4-6H,1-3H3. The maximum atomic E-state index is 11.8. The highest BCUT2D eigenvalue weighted by Gasteiger charge is 2.09. The fourth-order valence-corrected chi connectivity index (χ4v) is 1.80. The number of hydrogen-bond acceptors (Lipinski definition) is 4. The zero-order valence-corrected chi connectivity index (χ0v) is 9.87. The first-order valence-corrected chi connectivity index (χ1v) is 5.21. The predicted molar refractivity (Wildman–Crippen MR) is 63.3 cm³/mol. The molecule has 0 N–H and O–H groups in total. The van der Waals surface area contributed by atoms with Crippen LogP contribution in [0, 0.1) is 13.8 Å². The van der Waals surface area contributed by atoms with Gasteiger partial charge in [0, 0.05) is 19.1 Å². The van der Waals surface area contributed by atoms with Crippen molar-refractivity contribution >= 4 is 16.9 Å².